The number of rotatable bonds is 2. The fraction of sp³-hybridized carbons (Fsp3) is 0.294. The molecule has 1 aromatic carbocycles. The van der Waals surface area contributed by atoms with E-state index in [0.29, 0.717) is 5.28 Å². The van der Waals surface area contributed by atoms with E-state index in [0.717, 1.165) is 29.1 Å². The smallest absolute Gasteiger partial charge is 0.225 e. The van der Waals surface area contributed by atoms with Crippen LogP contribution >= 0.6 is 22.9 Å². The Bertz CT molecular complexity index is 823. The lowest BCUT2D eigenvalue weighted by Crippen LogP contribution is -2.19. The molecule has 22 heavy (non-hydrogen) atoms. The van der Waals surface area contributed by atoms with Crippen LogP contribution in [0.4, 0.5) is 5.82 Å². The van der Waals surface area contributed by atoms with E-state index >= 15 is 0 Å². The first-order valence-corrected chi connectivity index (χ1v) is 8.70. The summed E-state index contributed by atoms with van der Waals surface area (Å²) < 4.78 is 0. The van der Waals surface area contributed by atoms with Crippen molar-refractivity contribution in [3.05, 3.63) is 40.5 Å². The standard InChI is InChI=1S/C17H16ClN3S/c1-11-13(12-7-3-2-4-8-12)14-15(21-9-5-6-10-21)19-17(18)20-16(14)22-11/h2-4,7-8H,5-6,9-10H2,1H3. The molecule has 0 N–H and O–H groups in total. The van der Waals surface area contributed by atoms with Crippen LogP contribution in [-0.2, 0) is 0 Å². The molecule has 1 saturated heterocycles. The molecule has 1 aliphatic rings. The lowest BCUT2D eigenvalue weighted by Gasteiger charge is -2.18. The van der Waals surface area contributed by atoms with Crippen molar-refractivity contribution in [2.24, 2.45) is 0 Å². The zero-order valence-electron chi connectivity index (χ0n) is 12.3. The molecule has 3 heterocycles. The van der Waals surface area contributed by atoms with Gasteiger partial charge < -0.3 is 4.90 Å². The van der Waals surface area contributed by atoms with E-state index in [4.69, 9.17) is 11.6 Å². The molecule has 3 nitrogen and oxygen atoms in total. The average Bonchev–Trinajstić information content (AvgIpc) is 3.14. The number of nitrogens with zero attached hydrogens (tertiary/aromatic N) is 3. The van der Waals surface area contributed by atoms with Crippen molar-refractivity contribution in [2.45, 2.75) is 19.8 Å². The van der Waals surface area contributed by atoms with Gasteiger partial charge in [0.2, 0.25) is 5.28 Å². The maximum Gasteiger partial charge on any atom is 0.225 e. The number of anilines is 1. The van der Waals surface area contributed by atoms with Crippen LogP contribution in [0.15, 0.2) is 30.3 Å². The monoisotopic (exact) mass is 329 g/mol. The largest absolute Gasteiger partial charge is 0.356 e. The van der Waals surface area contributed by atoms with E-state index in [1.165, 1.54) is 28.8 Å². The van der Waals surface area contributed by atoms with Gasteiger partial charge in [-0.05, 0) is 36.9 Å². The summed E-state index contributed by atoms with van der Waals surface area (Å²) in [5, 5.41) is 1.50. The van der Waals surface area contributed by atoms with Gasteiger partial charge in [0.15, 0.2) is 0 Å². The molecule has 0 aliphatic carbocycles. The molecule has 0 atom stereocenters. The highest BCUT2D eigenvalue weighted by Crippen LogP contribution is 2.42. The third-order valence-electron chi connectivity index (χ3n) is 4.15. The van der Waals surface area contributed by atoms with Gasteiger partial charge in [-0.2, -0.15) is 4.98 Å². The van der Waals surface area contributed by atoms with Gasteiger partial charge in [0, 0.05) is 23.5 Å². The molecule has 3 aromatic rings. The normalized spacial score (nSPS) is 14.9. The van der Waals surface area contributed by atoms with Crippen LogP contribution in [0.2, 0.25) is 5.28 Å². The molecule has 0 spiro atoms. The molecule has 0 unspecified atom stereocenters. The number of hydrogen-bond donors (Lipinski definition) is 0. The molecule has 2 aromatic heterocycles. The van der Waals surface area contributed by atoms with Crippen LogP contribution in [0.1, 0.15) is 17.7 Å². The summed E-state index contributed by atoms with van der Waals surface area (Å²) in [7, 11) is 0. The average molecular weight is 330 g/mol. The minimum absolute atomic E-state index is 0.343. The summed E-state index contributed by atoms with van der Waals surface area (Å²) in [4.78, 5) is 13.6. The van der Waals surface area contributed by atoms with Gasteiger partial charge in [-0.3, -0.25) is 0 Å². The number of aromatic nitrogens is 2. The maximum atomic E-state index is 6.17. The van der Waals surface area contributed by atoms with Gasteiger partial charge >= 0.3 is 0 Å². The quantitative estimate of drug-likeness (QED) is 0.625. The van der Waals surface area contributed by atoms with Crippen molar-refractivity contribution >= 4 is 39.0 Å². The molecule has 5 heteroatoms. The molecular weight excluding hydrogens is 314 g/mol. The van der Waals surface area contributed by atoms with E-state index in [1.807, 2.05) is 6.07 Å². The third-order valence-corrected chi connectivity index (χ3v) is 5.32. The highest BCUT2D eigenvalue weighted by atomic mass is 35.5. The summed E-state index contributed by atoms with van der Waals surface area (Å²) in [6.45, 7) is 4.24. The summed E-state index contributed by atoms with van der Waals surface area (Å²) in [6, 6.07) is 10.5. The first-order chi connectivity index (χ1) is 10.7. The Balaban J connectivity index is 2.02. The van der Waals surface area contributed by atoms with Gasteiger partial charge in [-0.15, -0.1) is 11.3 Å². The molecule has 0 radical (unpaired) electrons. The number of aryl methyl sites for hydroxylation is 1. The predicted molar refractivity (Wildman–Crippen MR) is 94.0 cm³/mol. The van der Waals surface area contributed by atoms with E-state index in [-0.39, 0.29) is 0 Å². The van der Waals surface area contributed by atoms with Gasteiger partial charge in [0.25, 0.3) is 0 Å². The van der Waals surface area contributed by atoms with Crippen molar-refractivity contribution in [1.82, 2.24) is 9.97 Å². The second-order valence-electron chi connectivity index (χ2n) is 5.59. The topological polar surface area (TPSA) is 29.0 Å². The Morgan fingerprint density at radius 2 is 1.82 bits per heavy atom. The first-order valence-electron chi connectivity index (χ1n) is 7.51. The van der Waals surface area contributed by atoms with Gasteiger partial charge in [0.05, 0.1) is 5.39 Å². The Morgan fingerprint density at radius 1 is 1.09 bits per heavy atom. The SMILES string of the molecule is Cc1sc2nc(Cl)nc(N3CCCC3)c2c1-c1ccccc1. The summed E-state index contributed by atoms with van der Waals surface area (Å²) in [6.07, 6.45) is 2.43. The number of thiophene rings is 1. The zero-order valence-corrected chi connectivity index (χ0v) is 13.9. The predicted octanol–water partition coefficient (Wildman–Crippen LogP) is 4.92. The maximum absolute atomic E-state index is 6.17. The highest BCUT2D eigenvalue weighted by Gasteiger charge is 2.23. The second kappa shape index (κ2) is 5.52. The van der Waals surface area contributed by atoms with Crippen LogP contribution in [0.5, 0.6) is 0 Å². The van der Waals surface area contributed by atoms with E-state index < -0.39 is 0 Å². The fourth-order valence-electron chi connectivity index (χ4n) is 3.18. The molecule has 0 amide bonds. The van der Waals surface area contributed by atoms with Crippen LogP contribution in [-0.4, -0.2) is 23.1 Å². The van der Waals surface area contributed by atoms with Gasteiger partial charge in [0.1, 0.15) is 10.6 Å². The number of hydrogen-bond acceptors (Lipinski definition) is 4. The second-order valence-corrected chi connectivity index (χ2v) is 7.13. The first kappa shape index (κ1) is 14.0. The summed E-state index contributed by atoms with van der Waals surface area (Å²) in [5.41, 5.74) is 2.47. The van der Waals surface area contributed by atoms with E-state index in [9.17, 15) is 0 Å². The Labute approximate surface area is 138 Å². The fourth-order valence-corrected chi connectivity index (χ4v) is 4.43. The Hall–Kier alpha value is -1.65. The van der Waals surface area contributed by atoms with Crippen molar-refractivity contribution in [3.63, 3.8) is 0 Å². The Kier molecular flexibility index (Phi) is 3.51. The van der Waals surface area contributed by atoms with E-state index in [2.05, 4.69) is 46.1 Å². The number of benzene rings is 1. The summed E-state index contributed by atoms with van der Waals surface area (Å²) in [5.74, 6) is 0.996. The van der Waals surface area contributed by atoms with Gasteiger partial charge in [-0.1, -0.05) is 30.3 Å². The molecule has 0 bridgehead atoms. The summed E-state index contributed by atoms with van der Waals surface area (Å²) >= 11 is 7.87. The van der Waals surface area contributed by atoms with Crippen molar-refractivity contribution in [3.8, 4) is 11.1 Å². The molecule has 4 rings (SSSR count). The molecule has 0 saturated carbocycles. The van der Waals surface area contributed by atoms with Crippen molar-refractivity contribution in [1.29, 1.82) is 0 Å². The third kappa shape index (κ3) is 2.27. The molecule has 1 fully saturated rings. The molecule has 1 aliphatic heterocycles. The lowest BCUT2D eigenvalue weighted by molar-refractivity contribution is 0.940. The van der Waals surface area contributed by atoms with E-state index in [1.54, 1.807) is 11.3 Å². The van der Waals surface area contributed by atoms with Gasteiger partial charge in [-0.25, -0.2) is 4.98 Å². The zero-order chi connectivity index (χ0) is 15.1. The van der Waals surface area contributed by atoms with Crippen LogP contribution in [0.25, 0.3) is 21.3 Å². The van der Waals surface area contributed by atoms with Crippen molar-refractivity contribution < 1.29 is 0 Å². The molecular formula is C17H16ClN3S. The molecule has 112 valence electrons. The minimum atomic E-state index is 0.343. The lowest BCUT2D eigenvalue weighted by atomic mass is 10.0. The number of halogens is 1. The van der Waals surface area contributed by atoms with Crippen LogP contribution < -0.4 is 4.90 Å². The van der Waals surface area contributed by atoms with Crippen molar-refractivity contribution in [2.75, 3.05) is 18.0 Å². The van der Waals surface area contributed by atoms with Crippen LogP contribution in [0.3, 0.4) is 0 Å². The van der Waals surface area contributed by atoms with Crippen LogP contribution in [0, 0.1) is 6.92 Å². The number of fused-ring (bicyclic) bond motifs is 1. The minimum Gasteiger partial charge on any atom is -0.356 e. The Morgan fingerprint density at radius 3 is 2.55 bits per heavy atom. The highest BCUT2D eigenvalue weighted by molar-refractivity contribution is 7.19.